The monoisotopic (exact) mass is 282 g/mol. The summed E-state index contributed by atoms with van der Waals surface area (Å²) in [6.07, 6.45) is -4.40. The van der Waals surface area contributed by atoms with Crippen molar-refractivity contribution in [2.75, 3.05) is 0 Å². The van der Waals surface area contributed by atoms with Gasteiger partial charge in [0.25, 0.3) is 0 Å². The lowest BCUT2D eigenvalue weighted by Crippen LogP contribution is -2.17. The van der Waals surface area contributed by atoms with Gasteiger partial charge in [-0.05, 0) is 37.6 Å². The Bertz CT molecular complexity index is 334. The van der Waals surface area contributed by atoms with Crippen LogP contribution in [0.5, 0.6) is 0 Å². The van der Waals surface area contributed by atoms with Gasteiger partial charge in [-0.1, -0.05) is 15.9 Å². The third-order valence-corrected chi connectivity index (χ3v) is 2.39. The van der Waals surface area contributed by atoms with Gasteiger partial charge >= 0.3 is 6.18 Å². The normalized spacial score (nSPS) is 13.0. The third-order valence-electron chi connectivity index (χ3n) is 1.93. The minimum atomic E-state index is -4.40. The van der Waals surface area contributed by atoms with Gasteiger partial charge in [-0.15, -0.1) is 0 Å². The molecule has 1 N–H and O–H groups in total. The summed E-state index contributed by atoms with van der Waals surface area (Å²) in [6.45, 7) is 2.88. The molecule has 1 aromatic rings. The Morgan fingerprint density at radius 3 is 1.93 bits per heavy atom. The molecule has 0 saturated heterocycles. The molecule has 15 heavy (non-hydrogen) atoms. The van der Waals surface area contributed by atoms with Crippen molar-refractivity contribution in [1.82, 2.24) is 0 Å². The van der Waals surface area contributed by atoms with Crippen molar-refractivity contribution in [2.45, 2.75) is 25.6 Å². The van der Waals surface area contributed by atoms with Crippen molar-refractivity contribution in [1.29, 1.82) is 0 Å². The number of hydrogen-bond acceptors (Lipinski definition) is 1. The zero-order chi connectivity index (χ0) is 11.9. The van der Waals surface area contributed by atoms with Crippen LogP contribution in [0.15, 0.2) is 22.7 Å². The van der Waals surface area contributed by atoms with Gasteiger partial charge in [0.1, 0.15) is 0 Å². The largest absolute Gasteiger partial charge is 0.416 e. The molecule has 0 unspecified atom stereocenters. The van der Waals surface area contributed by atoms with E-state index in [-0.39, 0.29) is 5.56 Å². The van der Waals surface area contributed by atoms with Crippen molar-refractivity contribution >= 4 is 15.9 Å². The fourth-order valence-corrected chi connectivity index (χ4v) is 1.60. The average Bonchev–Trinajstić information content (AvgIpc) is 1.99. The average molecular weight is 283 g/mol. The predicted octanol–water partition coefficient (Wildman–Crippen LogP) is 3.70. The molecule has 0 amide bonds. The Kier molecular flexibility index (Phi) is 3.16. The SMILES string of the molecule is CC(C)(O)c1cc(Br)cc(C(F)(F)F)c1. The summed E-state index contributed by atoms with van der Waals surface area (Å²) < 4.78 is 37.6. The lowest BCUT2D eigenvalue weighted by Gasteiger charge is -2.19. The number of rotatable bonds is 1. The topological polar surface area (TPSA) is 20.2 Å². The van der Waals surface area contributed by atoms with Crippen LogP contribution in [0.25, 0.3) is 0 Å². The molecule has 0 bridgehead atoms. The molecule has 0 heterocycles. The van der Waals surface area contributed by atoms with Crippen LogP contribution in [-0.2, 0) is 11.8 Å². The number of halogens is 4. The number of benzene rings is 1. The lowest BCUT2D eigenvalue weighted by molar-refractivity contribution is -0.137. The van der Waals surface area contributed by atoms with Crippen LogP contribution >= 0.6 is 15.9 Å². The van der Waals surface area contributed by atoms with Crippen molar-refractivity contribution in [2.24, 2.45) is 0 Å². The molecule has 0 aliphatic heterocycles. The van der Waals surface area contributed by atoms with E-state index in [2.05, 4.69) is 15.9 Å². The van der Waals surface area contributed by atoms with Crippen LogP contribution in [0.3, 0.4) is 0 Å². The summed E-state index contributed by atoms with van der Waals surface area (Å²) in [5, 5.41) is 9.62. The smallest absolute Gasteiger partial charge is 0.386 e. The lowest BCUT2D eigenvalue weighted by atomic mass is 9.96. The molecular formula is C10H10BrF3O. The zero-order valence-corrected chi connectivity index (χ0v) is 9.78. The molecule has 0 aromatic heterocycles. The predicted molar refractivity (Wildman–Crippen MR) is 54.4 cm³/mol. The van der Waals surface area contributed by atoms with E-state index in [1.165, 1.54) is 19.9 Å². The molecule has 1 aromatic carbocycles. The highest BCUT2D eigenvalue weighted by Gasteiger charge is 2.32. The van der Waals surface area contributed by atoms with Gasteiger partial charge in [-0.2, -0.15) is 13.2 Å². The summed E-state index contributed by atoms with van der Waals surface area (Å²) in [4.78, 5) is 0. The second-order valence-corrected chi connectivity index (χ2v) is 4.70. The first-order valence-corrected chi connectivity index (χ1v) is 5.00. The Balaban J connectivity index is 3.30. The fourth-order valence-electron chi connectivity index (χ4n) is 1.11. The Morgan fingerprint density at radius 2 is 1.53 bits per heavy atom. The van der Waals surface area contributed by atoms with Crippen LogP contribution in [0.4, 0.5) is 13.2 Å². The van der Waals surface area contributed by atoms with E-state index in [1.54, 1.807) is 0 Å². The van der Waals surface area contributed by atoms with E-state index in [0.717, 1.165) is 12.1 Å². The van der Waals surface area contributed by atoms with Gasteiger partial charge in [-0.3, -0.25) is 0 Å². The van der Waals surface area contributed by atoms with Crippen molar-refractivity contribution in [3.63, 3.8) is 0 Å². The van der Waals surface area contributed by atoms with Gasteiger partial charge in [-0.25, -0.2) is 0 Å². The van der Waals surface area contributed by atoms with Crippen LogP contribution < -0.4 is 0 Å². The highest BCUT2D eigenvalue weighted by Crippen LogP contribution is 2.34. The van der Waals surface area contributed by atoms with E-state index in [9.17, 15) is 18.3 Å². The first-order valence-electron chi connectivity index (χ1n) is 4.21. The summed E-state index contributed by atoms with van der Waals surface area (Å²) in [7, 11) is 0. The summed E-state index contributed by atoms with van der Waals surface area (Å²) in [5.74, 6) is 0. The van der Waals surface area contributed by atoms with Crippen LogP contribution in [0.2, 0.25) is 0 Å². The summed E-state index contributed by atoms with van der Waals surface area (Å²) in [5.41, 5.74) is -1.83. The van der Waals surface area contributed by atoms with Crippen molar-refractivity contribution < 1.29 is 18.3 Å². The Labute approximate surface area is 94.0 Å². The molecule has 0 aliphatic carbocycles. The standard InChI is InChI=1S/C10H10BrF3O/c1-9(2,15)6-3-7(10(12,13)14)5-8(11)4-6/h3-5,15H,1-2H3. The van der Waals surface area contributed by atoms with Gasteiger partial charge < -0.3 is 5.11 Å². The molecule has 0 saturated carbocycles. The molecule has 0 spiro atoms. The minimum absolute atomic E-state index is 0.226. The van der Waals surface area contributed by atoms with E-state index in [1.807, 2.05) is 0 Å². The van der Waals surface area contributed by atoms with E-state index in [0.29, 0.717) is 4.47 Å². The Morgan fingerprint density at radius 1 is 1.07 bits per heavy atom. The fraction of sp³-hybridized carbons (Fsp3) is 0.400. The van der Waals surface area contributed by atoms with Gasteiger partial charge in [0.15, 0.2) is 0 Å². The maximum atomic E-state index is 12.4. The van der Waals surface area contributed by atoms with E-state index in [4.69, 9.17) is 0 Å². The molecule has 1 nitrogen and oxygen atoms in total. The molecule has 0 aliphatic rings. The molecular weight excluding hydrogens is 273 g/mol. The maximum Gasteiger partial charge on any atom is 0.416 e. The zero-order valence-electron chi connectivity index (χ0n) is 8.19. The number of hydrogen-bond donors (Lipinski definition) is 1. The number of aliphatic hydroxyl groups is 1. The second kappa shape index (κ2) is 3.79. The van der Waals surface area contributed by atoms with Crippen LogP contribution in [-0.4, -0.2) is 5.11 Å². The molecule has 0 fully saturated rings. The van der Waals surface area contributed by atoms with Gasteiger partial charge in [0.2, 0.25) is 0 Å². The molecule has 5 heteroatoms. The highest BCUT2D eigenvalue weighted by atomic mass is 79.9. The second-order valence-electron chi connectivity index (χ2n) is 3.79. The summed E-state index contributed by atoms with van der Waals surface area (Å²) in [6, 6.07) is 3.40. The molecule has 0 atom stereocenters. The molecule has 84 valence electrons. The molecule has 1 rings (SSSR count). The van der Waals surface area contributed by atoms with Crippen LogP contribution in [0.1, 0.15) is 25.0 Å². The van der Waals surface area contributed by atoms with Crippen LogP contribution in [0, 0.1) is 0 Å². The van der Waals surface area contributed by atoms with Gasteiger partial charge in [0.05, 0.1) is 11.2 Å². The maximum absolute atomic E-state index is 12.4. The van der Waals surface area contributed by atoms with Crippen molar-refractivity contribution in [3.8, 4) is 0 Å². The number of alkyl halides is 3. The van der Waals surface area contributed by atoms with Gasteiger partial charge in [0, 0.05) is 4.47 Å². The minimum Gasteiger partial charge on any atom is -0.386 e. The highest BCUT2D eigenvalue weighted by molar-refractivity contribution is 9.10. The summed E-state index contributed by atoms with van der Waals surface area (Å²) >= 11 is 2.99. The quantitative estimate of drug-likeness (QED) is 0.833. The Hall–Kier alpha value is -0.550. The van der Waals surface area contributed by atoms with E-state index < -0.39 is 17.3 Å². The molecule has 0 radical (unpaired) electrons. The first kappa shape index (κ1) is 12.5. The van der Waals surface area contributed by atoms with E-state index >= 15 is 0 Å². The first-order chi connectivity index (χ1) is 6.60. The van der Waals surface area contributed by atoms with Crippen molar-refractivity contribution in [3.05, 3.63) is 33.8 Å². The third kappa shape index (κ3) is 3.21.